The van der Waals surface area contributed by atoms with Gasteiger partial charge in [0, 0.05) is 13.1 Å². The van der Waals surface area contributed by atoms with E-state index >= 15 is 0 Å². The van der Waals surface area contributed by atoms with E-state index in [2.05, 4.69) is 0 Å². The van der Waals surface area contributed by atoms with Crippen LogP contribution < -0.4 is 0 Å². The fraction of sp³-hybridized carbons (Fsp3) is 0.538. The van der Waals surface area contributed by atoms with E-state index in [4.69, 9.17) is 9.15 Å². The second-order valence-corrected chi connectivity index (χ2v) is 4.35. The molecule has 0 aliphatic carbocycles. The molecule has 5 nitrogen and oxygen atoms in total. The number of esters is 1. The van der Waals surface area contributed by atoms with E-state index in [0.29, 0.717) is 25.3 Å². The zero-order valence-corrected chi connectivity index (χ0v) is 10.4. The summed E-state index contributed by atoms with van der Waals surface area (Å²) in [5, 5.41) is 0. The number of piperidine rings is 1. The molecule has 1 aromatic heterocycles. The number of carbonyl (C=O) groups is 2. The highest BCUT2D eigenvalue weighted by molar-refractivity contribution is 5.94. The van der Waals surface area contributed by atoms with Crippen LogP contribution in [0.4, 0.5) is 0 Å². The van der Waals surface area contributed by atoms with Gasteiger partial charge in [-0.25, -0.2) is 0 Å². The van der Waals surface area contributed by atoms with Gasteiger partial charge in [-0.15, -0.1) is 0 Å². The molecule has 1 amide bonds. The van der Waals surface area contributed by atoms with Crippen molar-refractivity contribution in [3.8, 4) is 0 Å². The summed E-state index contributed by atoms with van der Waals surface area (Å²) in [5.41, 5.74) is 0.527. The van der Waals surface area contributed by atoms with E-state index in [0.717, 1.165) is 12.8 Å². The molecule has 0 bridgehead atoms. The molecule has 0 spiro atoms. The molecule has 0 unspecified atom stereocenters. The van der Waals surface area contributed by atoms with Gasteiger partial charge in [0.2, 0.25) is 0 Å². The van der Waals surface area contributed by atoms with Crippen molar-refractivity contribution in [3.05, 3.63) is 24.2 Å². The zero-order chi connectivity index (χ0) is 13.0. The summed E-state index contributed by atoms with van der Waals surface area (Å²) in [4.78, 5) is 25.5. The summed E-state index contributed by atoms with van der Waals surface area (Å²) in [5.74, 6) is -0.491. The Bertz CT molecular complexity index is 413. The van der Waals surface area contributed by atoms with Crippen molar-refractivity contribution in [3.63, 3.8) is 0 Å². The lowest BCUT2D eigenvalue weighted by Gasteiger charge is -2.31. The maximum Gasteiger partial charge on any atom is 0.310 e. The standard InChI is InChI=1S/C13H17NO4/c1-2-18-13(16)10-4-3-6-14(8-10)12(15)11-5-7-17-9-11/h5,7,9-10H,2-4,6,8H2,1H3/t10-/m0/s1. The minimum absolute atomic E-state index is 0.0854. The monoisotopic (exact) mass is 251 g/mol. The summed E-state index contributed by atoms with van der Waals surface area (Å²) in [6.45, 7) is 3.28. The van der Waals surface area contributed by atoms with Crippen LogP contribution in [0.5, 0.6) is 0 Å². The highest BCUT2D eigenvalue weighted by Gasteiger charge is 2.29. The van der Waals surface area contributed by atoms with Gasteiger partial charge in [-0.1, -0.05) is 0 Å². The first kappa shape index (κ1) is 12.7. The van der Waals surface area contributed by atoms with Crippen molar-refractivity contribution < 1.29 is 18.7 Å². The van der Waals surface area contributed by atoms with Crippen molar-refractivity contribution in [2.45, 2.75) is 19.8 Å². The molecule has 5 heteroatoms. The maximum absolute atomic E-state index is 12.1. The molecular formula is C13H17NO4. The zero-order valence-electron chi connectivity index (χ0n) is 10.4. The van der Waals surface area contributed by atoms with E-state index in [1.54, 1.807) is 17.9 Å². The minimum atomic E-state index is -0.206. The van der Waals surface area contributed by atoms with Crippen molar-refractivity contribution in [2.24, 2.45) is 5.92 Å². The van der Waals surface area contributed by atoms with Crippen molar-refractivity contribution in [1.82, 2.24) is 4.90 Å². The van der Waals surface area contributed by atoms with Gasteiger partial charge < -0.3 is 14.1 Å². The molecule has 0 saturated carbocycles. The Balaban J connectivity index is 1.98. The number of hydrogen-bond acceptors (Lipinski definition) is 4. The predicted molar refractivity (Wildman–Crippen MR) is 64.0 cm³/mol. The Morgan fingerprint density at radius 2 is 2.39 bits per heavy atom. The quantitative estimate of drug-likeness (QED) is 0.767. The van der Waals surface area contributed by atoms with Gasteiger partial charge in [-0.2, -0.15) is 0 Å². The van der Waals surface area contributed by atoms with E-state index in [1.165, 1.54) is 12.5 Å². The molecule has 1 atom stereocenters. The first-order chi connectivity index (χ1) is 8.72. The van der Waals surface area contributed by atoms with Gasteiger partial charge in [0.05, 0.1) is 24.4 Å². The third-order valence-electron chi connectivity index (χ3n) is 3.10. The van der Waals surface area contributed by atoms with Crippen LogP contribution in [0.3, 0.4) is 0 Å². The second-order valence-electron chi connectivity index (χ2n) is 4.35. The van der Waals surface area contributed by atoms with Crippen LogP contribution in [0.25, 0.3) is 0 Å². The molecular weight excluding hydrogens is 234 g/mol. The van der Waals surface area contributed by atoms with Crippen molar-refractivity contribution >= 4 is 11.9 Å². The summed E-state index contributed by atoms with van der Waals surface area (Å²) in [7, 11) is 0. The van der Waals surface area contributed by atoms with Gasteiger partial charge >= 0.3 is 5.97 Å². The average Bonchev–Trinajstić information content (AvgIpc) is 2.92. The first-order valence-corrected chi connectivity index (χ1v) is 6.20. The maximum atomic E-state index is 12.1. The molecule has 0 N–H and O–H groups in total. The Kier molecular flexibility index (Phi) is 4.02. The topological polar surface area (TPSA) is 59.8 Å². The molecule has 0 aromatic carbocycles. The lowest BCUT2D eigenvalue weighted by Crippen LogP contribution is -2.42. The highest BCUT2D eigenvalue weighted by atomic mass is 16.5. The molecule has 2 rings (SSSR count). The number of rotatable bonds is 3. The highest BCUT2D eigenvalue weighted by Crippen LogP contribution is 2.20. The van der Waals surface area contributed by atoms with E-state index < -0.39 is 0 Å². The van der Waals surface area contributed by atoms with E-state index in [-0.39, 0.29) is 17.8 Å². The SMILES string of the molecule is CCOC(=O)[C@H]1CCCN(C(=O)c2ccoc2)C1. The van der Waals surface area contributed by atoms with Gasteiger partial charge in [-0.05, 0) is 25.8 Å². The third kappa shape index (κ3) is 2.72. The minimum Gasteiger partial charge on any atom is -0.472 e. The smallest absolute Gasteiger partial charge is 0.310 e. The van der Waals surface area contributed by atoms with E-state index in [9.17, 15) is 9.59 Å². The normalized spacial score (nSPS) is 19.6. The van der Waals surface area contributed by atoms with Crippen LogP contribution in [0, 0.1) is 5.92 Å². The first-order valence-electron chi connectivity index (χ1n) is 6.20. The Morgan fingerprint density at radius 1 is 1.56 bits per heavy atom. The largest absolute Gasteiger partial charge is 0.472 e. The van der Waals surface area contributed by atoms with Crippen LogP contribution in [-0.4, -0.2) is 36.5 Å². The van der Waals surface area contributed by atoms with Gasteiger partial charge in [0.1, 0.15) is 6.26 Å². The number of likely N-dealkylation sites (tertiary alicyclic amines) is 1. The lowest BCUT2D eigenvalue weighted by atomic mass is 9.98. The number of furan rings is 1. The van der Waals surface area contributed by atoms with Crippen LogP contribution in [0.15, 0.2) is 23.0 Å². The van der Waals surface area contributed by atoms with Gasteiger partial charge in [-0.3, -0.25) is 9.59 Å². The summed E-state index contributed by atoms with van der Waals surface area (Å²) >= 11 is 0. The van der Waals surface area contributed by atoms with Crippen molar-refractivity contribution in [2.75, 3.05) is 19.7 Å². The number of amides is 1. The third-order valence-corrected chi connectivity index (χ3v) is 3.10. The number of hydrogen-bond donors (Lipinski definition) is 0. The lowest BCUT2D eigenvalue weighted by molar-refractivity contribution is -0.149. The number of nitrogens with zero attached hydrogens (tertiary/aromatic N) is 1. The Hall–Kier alpha value is -1.78. The van der Waals surface area contributed by atoms with Crippen LogP contribution in [0.1, 0.15) is 30.1 Å². The van der Waals surface area contributed by atoms with Crippen LogP contribution in [-0.2, 0) is 9.53 Å². The summed E-state index contributed by atoms with van der Waals surface area (Å²) in [6, 6.07) is 1.64. The Labute approximate surface area is 106 Å². The summed E-state index contributed by atoms with van der Waals surface area (Å²) in [6.07, 6.45) is 4.51. The number of carbonyl (C=O) groups excluding carboxylic acids is 2. The molecule has 98 valence electrons. The van der Waals surface area contributed by atoms with Gasteiger partial charge in [0.15, 0.2) is 0 Å². The van der Waals surface area contributed by atoms with E-state index in [1.807, 2.05) is 0 Å². The molecule has 1 aliphatic rings. The molecule has 18 heavy (non-hydrogen) atoms. The van der Waals surface area contributed by atoms with Crippen molar-refractivity contribution in [1.29, 1.82) is 0 Å². The fourth-order valence-corrected chi connectivity index (χ4v) is 2.18. The molecule has 1 saturated heterocycles. The fourth-order valence-electron chi connectivity index (χ4n) is 2.18. The Morgan fingerprint density at radius 3 is 3.06 bits per heavy atom. The predicted octanol–water partition coefficient (Wildman–Crippen LogP) is 1.69. The molecule has 2 heterocycles. The second kappa shape index (κ2) is 5.71. The summed E-state index contributed by atoms with van der Waals surface area (Å²) < 4.78 is 9.90. The van der Waals surface area contributed by atoms with Crippen LogP contribution >= 0.6 is 0 Å². The average molecular weight is 251 g/mol. The number of ether oxygens (including phenoxy) is 1. The molecule has 1 aliphatic heterocycles. The molecule has 1 fully saturated rings. The van der Waals surface area contributed by atoms with Crippen LogP contribution in [0.2, 0.25) is 0 Å². The molecule has 1 aromatic rings. The molecule has 0 radical (unpaired) electrons. The van der Waals surface area contributed by atoms with Gasteiger partial charge in [0.25, 0.3) is 5.91 Å².